The number of hydrogen-bond donors (Lipinski definition) is 0. The third-order valence-corrected chi connectivity index (χ3v) is 0.944. The van der Waals surface area contributed by atoms with Gasteiger partial charge in [-0.15, -0.1) is 0 Å². The zero-order valence-corrected chi connectivity index (χ0v) is 6.79. The summed E-state index contributed by atoms with van der Waals surface area (Å²) in [4.78, 5) is 20.9. The molecule has 3 heteroatoms. The van der Waals surface area contributed by atoms with Crippen LogP contribution in [0.5, 0.6) is 0 Å². The van der Waals surface area contributed by atoms with Gasteiger partial charge in [-0.1, -0.05) is 19.1 Å². The summed E-state index contributed by atoms with van der Waals surface area (Å²) in [5.41, 5.74) is 0. The second kappa shape index (κ2) is 5.65. The van der Waals surface area contributed by atoms with E-state index in [0.29, 0.717) is 0 Å². The van der Waals surface area contributed by atoms with Crippen molar-refractivity contribution >= 4 is 11.9 Å². The Kier molecular flexibility index (Phi) is 5.07. The van der Waals surface area contributed by atoms with Crippen LogP contribution in [0.25, 0.3) is 0 Å². The van der Waals surface area contributed by atoms with Crippen LogP contribution in [0.4, 0.5) is 0 Å². The predicted octanol–water partition coefficient (Wildman–Crippen LogP) is 1.43. The summed E-state index contributed by atoms with van der Waals surface area (Å²) in [6.45, 7) is 3.17. The van der Waals surface area contributed by atoms with Gasteiger partial charge in [-0.2, -0.15) is 0 Å². The van der Waals surface area contributed by atoms with Gasteiger partial charge in [0, 0.05) is 6.92 Å². The van der Waals surface area contributed by atoms with Crippen molar-refractivity contribution < 1.29 is 14.3 Å². The number of rotatable bonds is 3. The van der Waals surface area contributed by atoms with Gasteiger partial charge < -0.3 is 4.74 Å². The highest BCUT2D eigenvalue weighted by Gasteiger charge is 2.01. The van der Waals surface area contributed by atoms with Gasteiger partial charge in [0.25, 0.3) is 0 Å². The van der Waals surface area contributed by atoms with Gasteiger partial charge in [0.15, 0.2) is 0 Å². The van der Waals surface area contributed by atoms with Gasteiger partial charge in [0.05, 0.1) is 6.42 Å². The highest BCUT2D eigenvalue weighted by Crippen LogP contribution is 1.90. The molecule has 0 aromatic rings. The van der Waals surface area contributed by atoms with E-state index < -0.39 is 11.9 Å². The normalized spacial score (nSPS) is 10.0. The first-order valence-corrected chi connectivity index (χ1v) is 3.53. The molecule has 0 amide bonds. The number of ether oxygens (including phenoxy) is 1. The molecule has 0 radical (unpaired) electrons. The van der Waals surface area contributed by atoms with Crippen LogP contribution in [0.2, 0.25) is 0 Å². The van der Waals surface area contributed by atoms with Crippen LogP contribution in [0, 0.1) is 0 Å². The lowest BCUT2D eigenvalue weighted by Crippen LogP contribution is -2.07. The lowest BCUT2D eigenvalue weighted by molar-refractivity contribution is -0.157. The minimum atomic E-state index is -0.556. The summed E-state index contributed by atoms with van der Waals surface area (Å²) in [5, 5.41) is 0. The molecule has 0 aromatic heterocycles. The molecule has 0 aliphatic carbocycles. The van der Waals surface area contributed by atoms with E-state index >= 15 is 0 Å². The van der Waals surface area contributed by atoms with Crippen LogP contribution in [0.15, 0.2) is 12.2 Å². The van der Waals surface area contributed by atoms with Gasteiger partial charge >= 0.3 is 11.9 Å². The molecule has 0 atom stereocenters. The SMILES string of the molecule is CC/C=C/CC(=O)OC(C)=O. The third kappa shape index (κ3) is 6.77. The number of esters is 2. The summed E-state index contributed by atoms with van der Waals surface area (Å²) in [7, 11) is 0. The van der Waals surface area contributed by atoms with Gasteiger partial charge in [-0.05, 0) is 6.42 Å². The van der Waals surface area contributed by atoms with Crippen molar-refractivity contribution in [1.82, 2.24) is 0 Å². The Hall–Kier alpha value is -1.12. The Morgan fingerprint density at radius 2 is 2.00 bits per heavy atom. The average Bonchev–Trinajstić information content (AvgIpc) is 1.86. The van der Waals surface area contributed by atoms with Crippen LogP contribution < -0.4 is 0 Å². The molecule has 0 aromatic carbocycles. The maximum Gasteiger partial charge on any atom is 0.317 e. The van der Waals surface area contributed by atoms with Crippen molar-refractivity contribution in [3.63, 3.8) is 0 Å². The Bertz CT molecular complexity index is 170. The quantitative estimate of drug-likeness (QED) is 0.352. The minimum absolute atomic E-state index is 0.174. The van der Waals surface area contributed by atoms with Crippen molar-refractivity contribution in [2.75, 3.05) is 0 Å². The van der Waals surface area contributed by atoms with Crippen LogP contribution in [0.3, 0.4) is 0 Å². The van der Waals surface area contributed by atoms with Crippen LogP contribution in [-0.4, -0.2) is 11.9 Å². The molecule has 0 aliphatic rings. The third-order valence-electron chi connectivity index (χ3n) is 0.944. The Labute approximate surface area is 66.0 Å². The maximum absolute atomic E-state index is 10.6. The summed E-state index contributed by atoms with van der Waals surface area (Å²) in [6, 6.07) is 0. The summed E-state index contributed by atoms with van der Waals surface area (Å²) in [5.74, 6) is -1.05. The molecule has 62 valence electrons. The first-order chi connectivity index (χ1) is 5.16. The van der Waals surface area contributed by atoms with Gasteiger partial charge in [0.2, 0.25) is 0 Å². The lowest BCUT2D eigenvalue weighted by Gasteiger charge is -1.93. The molecule has 0 bridgehead atoms. The van der Waals surface area contributed by atoms with Crippen LogP contribution in [-0.2, 0) is 14.3 Å². The molecule has 11 heavy (non-hydrogen) atoms. The first kappa shape index (κ1) is 9.88. The van der Waals surface area contributed by atoms with Gasteiger partial charge in [-0.3, -0.25) is 9.59 Å². The van der Waals surface area contributed by atoms with Crippen LogP contribution in [0.1, 0.15) is 26.7 Å². The molecule has 0 heterocycles. The standard InChI is InChI=1S/C8H12O3/c1-3-4-5-6-8(10)11-7(2)9/h4-5H,3,6H2,1-2H3/b5-4+. The largest absolute Gasteiger partial charge is 0.393 e. The molecular weight excluding hydrogens is 144 g/mol. The molecular formula is C8H12O3. The second-order valence-electron chi connectivity index (χ2n) is 2.05. The number of hydrogen-bond acceptors (Lipinski definition) is 3. The summed E-state index contributed by atoms with van der Waals surface area (Å²) < 4.78 is 4.27. The number of allylic oxidation sites excluding steroid dienone is 1. The Balaban J connectivity index is 3.53. The average molecular weight is 156 g/mol. The lowest BCUT2D eigenvalue weighted by atomic mass is 10.3. The minimum Gasteiger partial charge on any atom is -0.393 e. The Morgan fingerprint density at radius 1 is 1.36 bits per heavy atom. The van der Waals surface area contributed by atoms with E-state index in [9.17, 15) is 9.59 Å². The fourth-order valence-corrected chi connectivity index (χ4v) is 0.548. The van der Waals surface area contributed by atoms with Crippen molar-refractivity contribution in [3.05, 3.63) is 12.2 Å². The van der Waals surface area contributed by atoms with E-state index in [2.05, 4.69) is 4.74 Å². The van der Waals surface area contributed by atoms with Gasteiger partial charge in [-0.25, -0.2) is 0 Å². The highest BCUT2D eigenvalue weighted by atomic mass is 16.6. The second-order valence-corrected chi connectivity index (χ2v) is 2.05. The zero-order chi connectivity index (χ0) is 8.69. The first-order valence-electron chi connectivity index (χ1n) is 3.53. The molecule has 0 saturated carbocycles. The molecule has 0 rings (SSSR count). The highest BCUT2D eigenvalue weighted by molar-refractivity contribution is 5.84. The van der Waals surface area contributed by atoms with E-state index in [1.54, 1.807) is 6.08 Å². The molecule has 0 spiro atoms. The van der Waals surface area contributed by atoms with E-state index in [1.165, 1.54) is 6.92 Å². The molecule has 0 N–H and O–H groups in total. The smallest absolute Gasteiger partial charge is 0.317 e. The van der Waals surface area contributed by atoms with E-state index in [0.717, 1.165) is 6.42 Å². The van der Waals surface area contributed by atoms with Crippen molar-refractivity contribution in [1.29, 1.82) is 0 Å². The number of carbonyl (C=O) groups excluding carboxylic acids is 2. The van der Waals surface area contributed by atoms with E-state index in [-0.39, 0.29) is 6.42 Å². The van der Waals surface area contributed by atoms with Crippen molar-refractivity contribution in [3.8, 4) is 0 Å². The summed E-state index contributed by atoms with van der Waals surface area (Å²) in [6.07, 6.45) is 4.59. The molecule has 0 aliphatic heterocycles. The topological polar surface area (TPSA) is 43.4 Å². The number of carbonyl (C=O) groups is 2. The van der Waals surface area contributed by atoms with Crippen molar-refractivity contribution in [2.45, 2.75) is 26.7 Å². The van der Waals surface area contributed by atoms with E-state index in [4.69, 9.17) is 0 Å². The monoisotopic (exact) mass is 156 g/mol. The predicted molar refractivity (Wildman–Crippen MR) is 40.8 cm³/mol. The van der Waals surface area contributed by atoms with E-state index in [1.807, 2.05) is 13.0 Å². The summed E-state index contributed by atoms with van der Waals surface area (Å²) >= 11 is 0. The van der Waals surface area contributed by atoms with Crippen LogP contribution >= 0.6 is 0 Å². The van der Waals surface area contributed by atoms with Gasteiger partial charge in [0.1, 0.15) is 0 Å². The zero-order valence-electron chi connectivity index (χ0n) is 6.79. The molecule has 3 nitrogen and oxygen atoms in total. The molecule has 0 unspecified atom stereocenters. The maximum atomic E-state index is 10.6. The Morgan fingerprint density at radius 3 is 2.45 bits per heavy atom. The molecule has 0 saturated heterocycles. The molecule has 0 fully saturated rings. The van der Waals surface area contributed by atoms with Crippen molar-refractivity contribution in [2.24, 2.45) is 0 Å². The fourth-order valence-electron chi connectivity index (χ4n) is 0.548. The fraction of sp³-hybridized carbons (Fsp3) is 0.500.